The molecule has 8 nitrogen and oxygen atoms in total. The van der Waals surface area contributed by atoms with Crippen LogP contribution in [0, 0.1) is 13.8 Å². The average molecular weight is 598 g/mol. The number of nitrogens with zero attached hydrogens (tertiary/aromatic N) is 4. The molecule has 2 aliphatic rings. The summed E-state index contributed by atoms with van der Waals surface area (Å²) < 4.78 is 91.6. The number of alkyl halides is 6. The minimum absolute atomic E-state index is 0.0434. The summed E-state index contributed by atoms with van der Waals surface area (Å²) in [6, 6.07) is 0.427. The standard InChI is InChI=1S/C28H29F6N5O3/c1-14-23(16(3)42-38-14)21-12-35-25(36-20-7-5-4-6-8-20)22(37-21)13-39-15(2)24(41-26(39)40)17-9-18(27(29,30)31)11-19(10-17)28(32,33)34/h9-12,15,20,24H,4-8,13H2,1-3H3,(H,35,36)/t15-,24?/m0/s1. The highest BCUT2D eigenvalue weighted by Gasteiger charge is 2.43. The van der Waals surface area contributed by atoms with Crippen LogP contribution in [0.1, 0.15) is 79.0 Å². The number of halogens is 6. The van der Waals surface area contributed by atoms with Crippen LogP contribution in [0.5, 0.6) is 0 Å². The third kappa shape index (κ3) is 6.02. The molecule has 42 heavy (non-hydrogen) atoms. The molecule has 1 saturated carbocycles. The lowest BCUT2D eigenvalue weighted by Gasteiger charge is -2.26. The molecule has 1 saturated heterocycles. The van der Waals surface area contributed by atoms with Gasteiger partial charge in [0, 0.05) is 6.04 Å². The lowest BCUT2D eigenvalue weighted by atomic mass is 9.95. The van der Waals surface area contributed by atoms with Gasteiger partial charge in [0.25, 0.3) is 0 Å². The van der Waals surface area contributed by atoms with Crippen molar-refractivity contribution < 1.29 is 40.4 Å². The Morgan fingerprint density at radius 3 is 2.21 bits per heavy atom. The van der Waals surface area contributed by atoms with Crippen molar-refractivity contribution in [2.24, 2.45) is 0 Å². The molecule has 2 aromatic heterocycles. The molecule has 1 aliphatic carbocycles. The topological polar surface area (TPSA) is 93.4 Å². The SMILES string of the molecule is Cc1noc(C)c1-c1cnc(NC2CCCCC2)c(CN2C(=O)OC(c3cc(C(F)(F)F)cc(C(F)(F)F)c3)[C@@H]2C)n1. The van der Waals surface area contributed by atoms with Gasteiger partial charge in [0.1, 0.15) is 23.4 Å². The fourth-order valence-electron chi connectivity index (χ4n) is 5.53. The Hall–Kier alpha value is -3.84. The second kappa shape index (κ2) is 11.1. The van der Waals surface area contributed by atoms with E-state index in [2.05, 4.69) is 15.5 Å². The van der Waals surface area contributed by atoms with E-state index < -0.39 is 47.3 Å². The van der Waals surface area contributed by atoms with Crippen molar-refractivity contribution in [2.45, 2.75) is 90.0 Å². The van der Waals surface area contributed by atoms with Crippen molar-refractivity contribution in [3.05, 3.63) is 58.2 Å². The number of anilines is 1. The molecular weight excluding hydrogens is 568 g/mol. The van der Waals surface area contributed by atoms with Crippen LogP contribution in [0.25, 0.3) is 11.3 Å². The van der Waals surface area contributed by atoms with E-state index in [1.54, 1.807) is 20.0 Å². The number of hydrogen-bond donors (Lipinski definition) is 1. The van der Waals surface area contributed by atoms with Crippen LogP contribution in [0.3, 0.4) is 0 Å². The van der Waals surface area contributed by atoms with Gasteiger partial charge in [0.2, 0.25) is 0 Å². The quantitative estimate of drug-likeness (QED) is 0.292. The first-order chi connectivity index (χ1) is 19.7. The maximum Gasteiger partial charge on any atom is 0.416 e. The summed E-state index contributed by atoms with van der Waals surface area (Å²) in [6.07, 6.45) is -5.70. The number of nitrogens with one attached hydrogen (secondary N) is 1. The summed E-state index contributed by atoms with van der Waals surface area (Å²) in [5.41, 5.74) is -1.34. The zero-order valence-electron chi connectivity index (χ0n) is 23.1. The lowest BCUT2D eigenvalue weighted by molar-refractivity contribution is -0.143. The zero-order valence-corrected chi connectivity index (χ0v) is 23.1. The molecule has 0 radical (unpaired) electrons. The smallest absolute Gasteiger partial charge is 0.416 e. The largest absolute Gasteiger partial charge is 0.439 e. The highest BCUT2D eigenvalue weighted by Crippen LogP contribution is 2.41. The van der Waals surface area contributed by atoms with Crippen molar-refractivity contribution >= 4 is 11.9 Å². The Kier molecular flexibility index (Phi) is 7.84. The van der Waals surface area contributed by atoms with Crippen LogP contribution in [-0.4, -0.2) is 38.2 Å². The molecule has 1 unspecified atom stereocenters. The van der Waals surface area contributed by atoms with E-state index in [1.165, 1.54) is 11.8 Å². The Labute approximate surface area is 237 Å². The van der Waals surface area contributed by atoms with Crippen LogP contribution in [0.4, 0.5) is 37.0 Å². The van der Waals surface area contributed by atoms with Gasteiger partial charge < -0.3 is 14.6 Å². The fraction of sp³-hybridized carbons (Fsp3) is 0.500. The molecular formula is C28H29F6N5O3. The summed E-state index contributed by atoms with van der Waals surface area (Å²) in [7, 11) is 0. The molecule has 226 valence electrons. The molecule has 2 atom stereocenters. The summed E-state index contributed by atoms with van der Waals surface area (Å²) in [5, 5.41) is 7.36. The number of carbonyl (C=O) groups excluding carboxylic acids is 1. The summed E-state index contributed by atoms with van der Waals surface area (Å²) >= 11 is 0. The second-order valence-corrected chi connectivity index (χ2v) is 10.7. The predicted molar refractivity (Wildman–Crippen MR) is 138 cm³/mol. The number of cyclic esters (lactones) is 1. The Balaban J connectivity index is 1.49. The molecule has 2 fully saturated rings. The lowest BCUT2D eigenvalue weighted by Crippen LogP contribution is -2.33. The number of benzene rings is 1. The number of amides is 1. The highest BCUT2D eigenvalue weighted by atomic mass is 19.4. The predicted octanol–water partition coefficient (Wildman–Crippen LogP) is 7.61. The van der Waals surface area contributed by atoms with Crippen molar-refractivity contribution in [2.75, 3.05) is 5.32 Å². The summed E-state index contributed by atoms with van der Waals surface area (Å²) in [6.45, 7) is 4.82. The van der Waals surface area contributed by atoms with Gasteiger partial charge in [-0.1, -0.05) is 24.4 Å². The van der Waals surface area contributed by atoms with Crippen molar-refractivity contribution in [1.82, 2.24) is 20.0 Å². The van der Waals surface area contributed by atoms with Gasteiger partial charge in [-0.15, -0.1) is 0 Å². The number of aromatic nitrogens is 3. The number of hydrogen-bond acceptors (Lipinski definition) is 7. The number of aryl methyl sites for hydroxylation is 2. The molecule has 1 aromatic carbocycles. The molecule has 1 amide bonds. The molecule has 3 aromatic rings. The van der Waals surface area contributed by atoms with Crippen molar-refractivity contribution in [3.8, 4) is 11.3 Å². The van der Waals surface area contributed by atoms with Crippen LogP contribution >= 0.6 is 0 Å². The minimum atomic E-state index is -5.03. The highest BCUT2D eigenvalue weighted by molar-refractivity contribution is 5.71. The van der Waals surface area contributed by atoms with E-state index in [0.717, 1.165) is 32.1 Å². The van der Waals surface area contributed by atoms with Crippen molar-refractivity contribution in [1.29, 1.82) is 0 Å². The Bertz CT molecular complexity index is 1410. The van der Waals surface area contributed by atoms with Crippen molar-refractivity contribution in [3.63, 3.8) is 0 Å². The molecule has 14 heteroatoms. The van der Waals surface area contributed by atoms with Gasteiger partial charge in [-0.3, -0.25) is 4.90 Å². The van der Waals surface area contributed by atoms with E-state index in [4.69, 9.17) is 14.2 Å². The summed E-state index contributed by atoms with van der Waals surface area (Å²) in [5.74, 6) is 0.944. The molecule has 1 aliphatic heterocycles. The van der Waals surface area contributed by atoms with Crippen LogP contribution in [0.2, 0.25) is 0 Å². The van der Waals surface area contributed by atoms with Crippen LogP contribution in [-0.2, 0) is 23.6 Å². The van der Waals surface area contributed by atoms with Gasteiger partial charge in [0.05, 0.1) is 46.9 Å². The second-order valence-electron chi connectivity index (χ2n) is 10.7. The summed E-state index contributed by atoms with van der Waals surface area (Å²) in [4.78, 5) is 23.6. The first-order valence-electron chi connectivity index (χ1n) is 13.5. The number of rotatable bonds is 6. The van der Waals surface area contributed by atoms with Gasteiger partial charge in [-0.25, -0.2) is 14.8 Å². The van der Waals surface area contributed by atoms with Gasteiger partial charge >= 0.3 is 18.4 Å². The normalized spacial score (nSPS) is 20.2. The number of ether oxygens (including phenoxy) is 1. The zero-order chi connectivity index (χ0) is 30.4. The van der Waals surface area contributed by atoms with Crippen LogP contribution < -0.4 is 5.32 Å². The Morgan fingerprint density at radius 2 is 1.64 bits per heavy atom. The van der Waals surface area contributed by atoms with Gasteiger partial charge in [-0.05, 0) is 57.4 Å². The van der Waals surface area contributed by atoms with E-state index in [1.807, 2.05) is 0 Å². The average Bonchev–Trinajstić information content (AvgIpc) is 3.41. The monoisotopic (exact) mass is 597 g/mol. The minimum Gasteiger partial charge on any atom is -0.439 e. The molecule has 5 rings (SSSR count). The van der Waals surface area contributed by atoms with E-state index >= 15 is 0 Å². The van der Waals surface area contributed by atoms with Crippen LogP contribution in [0.15, 0.2) is 28.9 Å². The maximum absolute atomic E-state index is 13.5. The first kappa shape index (κ1) is 29.6. The van der Waals surface area contributed by atoms with Gasteiger partial charge in [0.15, 0.2) is 0 Å². The molecule has 1 N–H and O–H groups in total. The van der Waals surface area contributed by atoms with E-state index in [-0.39, 0.29) is 18.7 Å². The molecule has 0 spiro atoms. The van der Waals surface area contributed by atoms with E-state index in [0.29, 0.717) is 46.4 Å². The first-order valence-corrected chi connectivity index (χ1v) is 13.5. The number of carbonyl (C=O) groups is 1. The van der Waals surface area contributed by atoms with E-state index in [9.17, 15) is 31.1 Å². The fourth-order valence-corrected chi connectivity index (χ4v) is 5.53. The third-order valence-electron chi connectivity index (χ3n) is 7.73. The Morgan fingerprint density at radius 1 is 1.00 bits per heavy atom. The van der Waals surface area contributed by atoms with Gasteiger partial charge in [-0.2, -0.15) is 26.3 Å². The molecule has 3 heterocycles. The molecule has 0 bridgehead atoms. The maximum atomic E-state index is 13.5. The third-order valence-corrected chi connectivity index (χ3v) is 7.73.